The summed E-state index contributed by atoms with van der Waals surface area (Å²) in [7, 11) is 0. The number of amides is 1. The Kier molecular flexibility index (Phi) is 7.01. The molecule has 6 nitrogen and oxygen atoms in total. The molecule has 6 heteroatoms. The first kappa shape index (κ1) is 20.3. The van der Waals surface area contributed by atoms with Crippen LogP contribution in [0.15, 0.2) is 30.3 Å². The van der Waals surface area contributed by atoms with E-state index in [0.29, 0.717) is 6.04 Å². The molecule has 1 unspecified atom stereocenters. The number of hydrogen-bond acceptors (Lipinski definition) is 4. The van der Waals surface area contributed by atoms with Crippen LogP contribution in [-0.4, -0.2) is 39.3 Å². The standard InChI is InChI=1S/C22H30N4O2/c1-3-19-18(20(4-2)24-23-19)13-15-26-14-5-6-21(26)17-10-7-16(8-11-17)9-12-22(27)25-28/h7-12,21,28H,3-6,13-15H2,1-2H3,(H,23,24)(H,25,27). The van der Waals surface area contributed by atoms with Crippen molar-refractivity contribution in [3.8, 4) is 0 Å². The third kappa shape index (κ3) is 4.69. The number of carbonyl (C=O) groups excluding carboxylic acids is 1. The Morgan fingerprint density at radius 3 is 2.79 bits per heavy atom. The van der Waals surface area contributed by atoms with Gasteiger partial charge in [-0.05, 0) is 61.4 Å². The molecule has 1 fully saturated rings. The zero-order valence-electron chi connectivity index (χ0n) is 16.7. The summed E-state index contributed by atoms with van der Waals surface area (Å²) in [6.45, 7) is 6.51. The smallest absolute Gasteiger partial charge is 0.267 e. The Bertz CT molecular complexity index is 789. The van der Waals surface area contributed by atoms with Crippen LogP contribution in [0.2, 0.25) is 0 Å². The Hall–Kier alpha value is -2.44. The van der Waals surface area contributed by atoms with E-state index in [-0.39, 0.29) is 0 Å². The lowest BCUT2D eigenvalue weighted by Crippen LogP contribution is -2.26. The van der Waals surface area contributed by atoms with Crippen LogP contribution in [-0.2, 0) is 24.1 Å². The van der Waals surface area contributed by atoms with Crippen molar-refractivity contribution in [2.75, 3.05) is 13.1 Å². The SMILES string of the molecule is CCc1n[nH]c(CC)c1CCN1CCCC1c1ccc(C=CC(=O)NO)cc1. The van der Waals surface area contributed by atoms with E-state index in [1.807, 2.05) is 12.1 Å². The van der Waals surface area contributed by atoms with Gasteiger partial charge in [-0.25, -0.2) is 5.48 Å². The molecule has 150 valence electrons. The van der Waals surface area contributed by atoms with Gasteiger partial charge in [0.25, 0.3) is 5.91 Å². The van der Waals surface area contributed by atoms with Gasteiger partial charge in [-0.15, -0.1) is 0 Å². The fourth-order valence-electron chi connectivity index (χ4n) is 4.09. The highest BCUT2D eigenvalue weighted by Gasteiger charge is 2.26. The normalized spacial score (nSPS) is 17.5. The summed E-state index contributed by atoms with van der Waals surface area (Å²) in [6, 6.07) is 8.78. The van der Waals surface area contributed by atoms with Gasteiger partial charge in [0.1, 0.15) is 0 Å². The van der Waals surface area contributed by atoms with Crippen LogP contribution in [0.5, 0.6) is 0 Å². The topological polar surface area (TPSA) is 81.2 Å². The second kappa shape index (κ2) is 9.66. The van der Waals surface area contributed by atoms with Crippen LogP contribution in [0, 0.1) is 0 Å². The van der Waals surface area contributed by atoms with E-state index in [9.17, 15) is 4.79 Å². The maximum absolute atomic E-state index is 11.1. The summed E-state index contributed by atoms with van der Waals surface area (Å²) in [5.74, 6) is -0.525. The van der Waals surface area contributed by atoms with E-state index in [0.717, 1.165) is 37.9 Å². The number of H-pyrrole nitrogens is 1. The number of hydroxylamine groups is 1. The quantitative estimate of drug-likeness (QED) is 0.371. The molecule has 1 aliphatic rings. The fraction of sp³-hybridized carbons (Fsp3) is 0.455. The number of benzene rings is 1. The monoisotopic (exact) mass is 382 g/mol. The molecule has 1 saturated heterocycles. The van der Waals surface area contributed by atoms with Crippen molar-refractivity contribution in [3.05, 3.63) is 58.4 Å². The molecule has 3 rings (SSSR count). The van der Waals surface area contributed by atoms with Crippen LogP contribution in [0.1, 0.15) is 60.8 Å². The highest BCUT2D eigenvalue weighted by Crippen LogP contribution is 2.32. The Morgan fingerprint density at radius 2 is 2.11 bits per heavy atom. The van der Waals surface area contributed by atoms with Crippen molar-refractivity contribution in [1.82, 2.24) is 20.6 Å². The minimum Gasteiger partial charge on any atom is -0.296 e. The number of aryl methyl sites for hydroxylation is 2. The maximum Gasteiger partial charge on any atom is 0.267 e. The maximum atomic E-state index is 11.1. The summed E-state index contributed by atoms with van der Waals surface area (Å²) < 4.78 is 0. The number of likely N-dealkylation sites (tertiary alicyclic amines) is 1. The first-order chi connectivity index (χ1) is 13.7. The third-order valence-electron chi connectivity index (χ3n) is 5.60. The molecule has 1 amide bonds. The second-order valence-corrected chi connectivity index (χ2v) is 7.25. The summed E-state index contributed by atoms with van der Waals surface area (Å²) in [5.41, 5.74) is 7.74. The van der Waals surface area contributed by atoms with Gasteiger partial charge in [0, 0.05) is 24.4 Å². The molecule has 0 saturated carbocycles. The molecular formula is C22H30N4O2. The van der Waals surface area contributed by atoms with Gasteiger partial charge in [-0.2, -0.15) is 5.10 Å². The highest BCUT2D eigenvalue weighted by molar-refractivity contribution is 5.90. The van der Waals surface area contributed by atoms with Gasteiger partial charge in [0.05, 0.1) is 5.69 Å². The lowest BCUT2D eigenvalue weighted by atomic mass is 10.0. The number of nitrogens with zero attached hydrogens (tertiary/aromatic N) is 2. The Morgan fingerprint density at radius 1 is 1.32 bits per heavy atom. The molecule has 2 aromatic rings. The van der Waals surface area contributed by atoms with E-state index < -0.39 is 5.91 Å². The molecule has 28 heavy (non-hydrogen) atoms. The molecule has 3 N–H and O–H groups in total. The number of aromatic amines is 1. The van der Waals surface area contributed by atoms with E-state index >= 15 is 0 Å². The summed E-state index contributed by atoms with van der Waals surface area (Å²) in [4.78, 5) is 13.7. The minimum absolute atomic E-state index is 0.445. The van der Waals surface area contributed by atoms with Gasteiger partial charge in [0.15, 0.2) is 0 Å². The van der Waals surface area contributed by atoms with Crippen LogP contribution < -0.4 is 5.48 Å². The molecular weight excluding hydrogens is 352 g/mol. The van der Waals surface area contributed by atoms with E-state index in [2.05, 4.69) is 41.1 Å². The number of aromatic nitrogens is 2. The zero-order chi connectivity index (χ0) is 19.9. The number of nitrogens with one attached hydrogen (secondary N) is 2. The van der Waals surface area contributed by atoms with Gasteiger partial charge in [-0.1, -0.05) is 38.1 Å². The molecule has 1 atom stereocenters. The highest BCUT2D eigenvalue weighted by atomic mass is 16.5. The number of rotatable bonds is 8. The van der Waals surface area contributed by atoms with Crippen LogP contribution in [0.25, 0.3) is 6.08 Å². The molecule has 1 aromatic carbocycles. The molecule has 0 aliphatic carbocycles. The molecule has 1 aliphatic heterocycles. The second-order valence-electron chi connectivity index (χ2n) is 7.25. The van der Waals surface area contributed by atoms with Gasteiger partial charge < -0.3 is 0 Å². The van der Waals surface area contributed by atoms with Crippen molar-refractivity contribution in [2.45, 2.75) is 52.0 Å². The average molecular weight is 383 g/mol. The molecule has 1 aromatic heterocycles. The van der Waals surface area contributed by atoms with Gasteiger partial charge in [-0.3, -0.25) is 20.0 Å². The largest absolute Gasteiger partial charge is 0.296 e. The molecule has 2 heterocycles. The first-order valence-corrected chi connectivity index (χ1v) is 10.2. The van der Waals surface area contributed by atoms with Crippen LogP contribution in [0.4, 0.5) is 0 Å². The predicted octanol–water partition coefficient (Wildman–Crippen LogP) is 3.43. The zero-order valence-corrected chi connectivity index (χ0v) is 16.7. The molecule has 0 spiro atoms. The van der Waals surface area contributed by atoms with Crippen LogP contribution in [0.3, 0.4) is 0 Å². The molecule has 0 bridgehead atoms. The van der Waals surface area contributed by atoms with Gasteiger partial charge in [0.2, 0.25) is 0 Å². The van der Waals surface area contributed by atoms with E-state index in [1.54, 1.807) is 11.6 Å². The molecule has 0 radical (unpaired) electrons. The van der Waals surface area contributed by atoms with Gasteiger partial charge >= 0.3 is 0 Å². The summed E-state index contributed by atoms with van der Waals surface area (Å²) in [6.07, 6.45) is 8.41. The fourth-order valence-corrected chi connectivity index (χ4v) is 4.09. The predicted molar refractivity (Wildman–Crippen MR) is 110 cm³/mol. The lowest BCUT2D eigenvalue weighted by molar-refractivity contribution is -0.124. The number of hydrogen-bond donors (Lipinski definition) is 3. The van der Waals surface area contributed by atoms with E-state index in [4.69, 9.17) is 5.21 Å². The Labute approximate surface area is 166 Å². The summed E-state index contributed by atoms with van der Waals surface area (Å²) >= 11 is 0. The van der Waals surface area contributed by atoms with Crippen LogP contribution >= 0.6 is 0 Å². The van der Waals surface area contributed by atoms with Crippen molar-refractivity contribution < 1.29 is 10.0 Å². The minimum atomic E-state index is -0.525. The Balaban J connectivity index is 1.65. The first-order valence-electron chi connectivity index (χ1n) is 10.2. The number of carbonyl (C=O) groups is 1. The van der Waals surface area contributed by atoms with Crippen molar-refractivity contribution in [3.63, 3.8) is 0 Å². The third-order valence-corrected chi connectivity index (χ3v) is 5.60. The van der Waals surface area contributed by atoms with E-state index in [1.165, 1.54) is 41.4 Å². The van der Waals surface area contributed by atoms with Crippen molar-refractivity contribution in [1.29, 1.82) is 0 Å². The van der Waals surface area contributed by atoms with Crippen molar-refractivity contribution >= 4 is 12.0 Å². The average Bonchev–Trinajstić information content (AvgIpc) is 3.36. The lowest BCUT2D eigenvalue weighted by Gasteiger charge is -2.25. The van der Waals surface area contributed by atoms with Crippen molar-refractivity contribution in [2.24, 2.45) is 0 Å². The summed E-state index contributed by atoms with van der Waals surface area (Å²) in [5, 5.41) is 16.2.